The maximum Gasteiger partial charge on any atom is 0.261 e. The molecule has 2 heterocycles. The summed E-state index contributed by atoms with van der Waals surface area (Å²) in [5, 5.41) is 5.29. The molecule has 0 radical (unpaired) electrons. The lowest BCUT2D eigenvalue weighted by molar-refractivity contribution is 0.0988. The molecule has 2 aromatic carbocycles. The first-order valence-electron chi connectivity index (χ1n) is 9.37. The van der Waals surface area contributed by atoms with Crippen molar-refractivity contribution in [3.8, 4) is 5.69 Å². The normalized spacial score (nSPS) is 15.9. The number of aromatic nitrogens is 2. The van der Waals surface area contributed by atoms with Gasteiger partial charge in [0.2, 0.25) is 0 Å². The molecule has 1 fully saturated rings. The number of benzene rings is 2. The highest BCUT2D eigenvalue weighted by Crippen LogP contribution is 2.43. The third-order valence-corrected chi connectivity index (χ3v) is 5.94. The Kier molecular flexibility index (Phi) is 3.83. The molecule has 0 N–H and O–H groups in total. The molecular formula is C22H20ClN3O. The molecule has 5 rings (SSSR count). The Balaban J connectivity index is 1.57. The summed E-state index contributed by atoms with van der Waals surface area (Å²) in [6.45, 7) is 2.71. The molecule has 0 saturated heterocycles. The Morgan fingerprint density at radius 3 is 2.78 bits per heavy atom. The number of aryl methyl sites for hydroxylation is 1. The van der Waals surface area contributed by atoms with Gasteiger partial charge in [0.05, 0.1) is 23.1 Å². The molecule has 5 heteroatoms. The highest BCUT2D eigenvalue weighted by molar-refractivity contribution is 6.31. The monoisotopic (exact) mass is 377 g/mol. The molecule has 27 heavy (non-hydrogen) atoms. The molecule has 0 bridgehead atoms. The van der Waals surface area contributed by atoms with Gasteiger partial charge in [-0.05, 0) is 55.5 Å². The van der Waals surface area contributed by atoms with Gasteiger partial charge in [-0.3, -0.25) is 4.79 Å². The zero-order valence-electron chi connectivity index (χ0n) is 15.2. The number of halogens is 1. The second-order valence-electron chi connectivity index (χ2n) is 7.40. The van der Waals surface area contributed by atoms with E-state index in [9.17, 15) is 4.79 Å². The lowest BCUT2D eigenvalue weighted by atomic mass is 10.1. The summed E-state index contributed by atoms with van der Waals surface area (Å²) in [6, 6.07) is 14.1. The fraction of sp³-hybridized carbons (Fsp3) is 0.273. The van der Waals surface area contributed by atoms with Crippen LogP contribution in [0.1, 0.15) is 45.9 Å². The van der Waals surface area contributed by atoms with E-state index in [-0.39, 0.29) is 5.91 Å². The van der Waals surface area contributed by atoms with Crippen molar-refractivity contribution in [1.29, 1.82) is 0 Å². The van der Waals surface area contributed by atoms with Gasteiger partial charge in [0.25, 0.3) is 5.91 Å². The number of rotatable bonds is 3. The van der Waals surface area contributed by atoms with E-state index in [1.807, 2.05) is 52.9 Å². The average molecular weight is 378 g/mol. The second-order valence-corrected chi connectivity index (χ2v) is 7.81. The molecule has 1 amide bonds. The molecule has 0 spiro atoms. The fourth-order valence-electron chi connectivity index (χ4n) is 3.89. The molecule has 1 aromatic heterocycles. The largest absolute Gasteiger partial charge is 0.308 e. The predicted octanol–water partition coefficient (Wildman–Crippen LogP) is 4.91. The topological polar surface area (TPSA) is 38.1 Å². The molecule has 0 atom stereocenters. The van der Waals surface area contributed by atoms with Gasteiger partial charge in [-0.2, -0.15) is 5.10 Å². The minimum atomic E-state index is 0.0475. The van der Waals surface area contributed by atoms with Gasteiger partial charge in [-0.15, -0.1) is 0 Å². The lowest BCUT2D eigenvalue weighted by Gasteiger charge is -2.18. The molecule has 2 aliphatic rings. The number of carbonyl (C=O) groups is 1. The predicted molar refractivity (Wildman–Crippen MR) is 107 cm³/mol. The summed E-state index contributed by atoms with van der Waals surface area (Å²) in [5.41, 5.74) is 5.93. The lowest BCUT2D eigenvalue weighted by Crippen LogP contribution is -2.29. The highest BCUT2D eigenvalue weighted by Gasteiger charge is 2.35. The van der Waals surface area contributed by atoms with Crippen molar-refractivity contribution < 1.29 is 4.79 Å². The molecule has 4 nitrogen and oxygen atoms in total. The van der Waals surface area contributed by atoms with Gasteiger partial charge in [0.1, 0.15) is 0 Å². The van der Waals surface area contributed by atoms with Crippen molar-refractivity contribution >= 4 is 23.2 Å². The minimum Gasteiger partial charge on any atom is -0.308 e. The first kappa shape index (κ1) is 16.6. The van der Waals surface area contributed by atoms with E-state index in [2.05, 4.69) is 11.2 Å². The zero-order valence-corrected chi connectivity index (χ0v) is 15.9. The smallest absolute Gasteiger partial charge is 0.261 e. The molecule has 1 aliphatic carbocycles. The van der Waals surface area contributed by atoms with Crippen molar-refractivity contribution in [3.05, 3.63) is 76.1 Å². The summed E-state index contributed by atoms with van der Waals surface area (Å²) in [4.78, 5) is 15.3. The van der Waals surface area contributed by atoms with Crippen LogP contribution in [0.3, 0.4) is 0 Å². The van der Waals surface area contributed by atoms with Crippen molar-refractivity contribution in [1.82, 2.24) is 9.78 Å². The number of anilines is 1. The van der Waals surface area contributed by atoms with Crippen LogP contribution in [0.5, 0.6) is 0 Å². The maximum absolute atomic E-state index is 13.4. The van der Waals surface area contributed by atoms with Crippen LogP contribution >= 0.6 is 11.6 Å². The van der Waals surface area contributed by atoms with E-state index in [4.69, 9.17) is 11.6 Å². The Labute approximate surface area is 163 Å². The molecule has 3 aromatic rings. The molecular weight excluding hydrogens is 358 g/mol. The third-order valence-electron chi connectivity index (χ3n) is 5.53. The number of carbonyl (C=O) groups excluding carboxylic acids is 1. The number of nitrogens with zero attached hydrogens (tertiary/aromatic N) is 3. The molecule has 1 aliphatic heterocycles. The van der Waals surface area contributed by atoms with Crippen LogP contribution in [0.2, 0.25) is 5.02 Å². The van der Waals surface area contributed by atoms with Gasteiger partial charge < -0.3 is 4.90 Å². The average Bonchev–Trinajstić information content (AvgIpc) is 3.27. The van der Waals surface area contributed by atoms with Crippen molar-refractivity contribution in [2.75, 3.05) is 11.4 Å². The van der Waals surface area contributed by atoms with Crippen LogP contribution in [0.15, 0.2) is 48.7 Å². The van der Waals surface area contributed by atoms with Gasteiger partial charge in [0, 0.05) is 23.2 Å². The van der Waals surface area contributed by atoms with E-state index in [1.165, 1.54) is 5.56 Å². The summed E-state index contributed by atoms with van der Waals surface area (Å²) in [5.74, 6) is 0.440. The van der Waals surface area contributed by atoms with Gasteiger partial charge in [-0.25, -0.2) is 4.68 Å². The van der Waals surface area contributed by atoms with Gasteiger partial charge >= 0.3 is 0 Å². The van der Waals surface area contributed by atoms with Crippen LogP contribution < -0.4 is 4.90 Å². The van der Waals surface area contributed by atoms with Gasteiger partial charge in [0.15, 0.2) is 0 Å². The molecule has 0 unspecified atom stereocenters. The van der Waals surface area contributed by atoms with Crippen LogP contribution in [-0.2, 0) is 6.42 Å². The number of hydrogen-bond acceptors (Lipinski definition) is 2. The number of hydrogen-bond donors (Lipinski definition) is 0. The zero-order chi connectivity index (χ0) is 18.5. The summed E-state index contributed by atoms with van der Waals surface area (Å²) in [6.07, 6.45) is 4.83. The Hall–Kier alpha value is -2.59. The Bertz CT molecular complexity index is 1050. The van der Waals surface area contributed by atoms with Crippen LogP contribution in [0.25, 0.3) is 5.69 Å². The van der Waals surface area contributed by atoms with Crippen LogP contribution in [0, 0.1) is 6.92 Å². The number of amides is 1. The van der Waals surface area contributed by atoms with E-state index >= 15 is 0 Å². The second kappa shape index (κ2) is 6.24. The maximum atomic E-state index is 13.4. The Morgan fingerprint density at radius 2 is 2.00 bits per heavy atom. The minimum absolute atomic E-state index is 0.0475. The van der Waals surface area contributed by atoms with E-state index in [0.717, 1.165) is 48.4 Å². The van der Waals surface area contributed by atoms with E-state index < -0.39 is 0 Å². The standard InChI is InChI=1S/C22H20ClN3O/c1-14-6-9-17(12-19(14)23)26-21(16-7-8-16)18(13-24-26)22(27)25-11-10-15-4-2-3-5-20(15)25/h2-6,9,12-13,16H,7-8,10-11H2,1H3. The van der Waals surface area contributed by atoms with E-state index in [1.54, 1.807) is 6.20 Å². The van der Waals surface area contributed by atoms with E-state index in [0.29, 0.717) is 16.5 Å². The van der Waals surface area contributed by atoms with Crippen LogP contribution in [-0.4, -0.2) is 22.2 Å². The van der Waals surface area contributed by atoms with Gasteiger partial charge in [-0.1, -0.05) is 35.9 Å². The quantitative estimate of drug-likeness (QED) is 0.650. The van der Waals surface area contributed by atoms with Crippen molar-refractivity contribution in [3.63, 3.8) is 0 Å². The third kappa shape index (κ3) is 2.76. The Morgan fingerprint density at radius 1 is 1.19 bits per heavy atom. The van der Waals surface area contributed by atoms with Crippen molar-refractivity contribution in [2.24, 2.45) is 0 Å². The summed E-state index contributed by atoms with van der Waals surface area (Å²) < 4.78 is 1.90. The molecule has 1 saturated carbocycles. The summed E-state index contributed by atoms with van der Waals surface area (Å²) in [7, 11) is 0. The first-order valence-corrected chi connectivity index (χ1v) is 9.75. The fourth-order valence-corrected chi connectivity index (χ4v) is 4.06. The van der Waals surface area contributed by atoms with Crippen molar-refractivity contribution in [2.45, 2.75) is 32.1 Å². The number of fused-ring (bicyclic) bond motifs is 1. The number of para-hydroxylation sites is 1. The molecule has 136 valence electrons. The summed E-state index contributed by atoms with van der Waals surface area (Å²) >= 11 is 6.32. The first-order chi connectivity index (χ1) is 13.1. The van der Waals surface area contributed by atoms with Crippen LogP contribution in [0.4, 0.5) is 5.69 Å². The SMILES string of the molecule is Cc1ccc(-n2ncc(C(=O)N3CCc4ccccc43)c2C2CC2)cc1Cl. The highest BCUT2D eigenvalue weighted by atomic mass is 35.5.